The first-order chi connectivity index (χ1) is 8.61. The second-order valence-electron chi connectivity index (χ2n) is 3.94. The number of nitro groups is 1. The molecule has 1 aliphatic rings. The minimum atomic E-state index is -1.15. The Morgan fingerprint density at radius 2 is 2.17 bits per heavy atom. The third kappa shape index (κ3) is 2.17. The lowest BCUT2D eigenvalue weighted by molar-refractivity contribution is -0.384. The monoisotopic (exact) mass is 248 g/mol. The van der Waals surface area contributed by atoms with Crippen LogP contribution in [0.5, 0.6) is 0 Å². The van der Waals surface area contributed by atoms with E-state index < -0.39 is 10.9 Å². The Kier molecular flexibility index (Phi) is 3.27. The minimum Gasteiger partial charge on any atom is -0.478 e. The summed E-state index contributed by atoms with van der Waals surface area (Å²) in [6.45, 7) is 1.08. The van der Waals surface area contributed by atoms with Crippen molar-refractivity contribution in [3.63, 3.8) is 0 Å². The van der Waals surface area contributed by atoms with E-state index in [9.17, 15) is 14.9 Å². The predicted octanol–water partition coefficient (Wildman–Crippen LogP) is 2.06. The zero-order valence-corrected chi connectivity index (χ0v) is 9.57. The number of carboxylic acid groups (broad SMARTS) is 1. The second-order valence-corrected chi connectivity index (χ2v) is 3.94. The topological polar surface area (TPSA) is 83.7 Å². The maximum absolute atomic E-state index is 11.2. The Labute approximate surface area is 103 Å². The van der Waals surface area contributed by atoms with Gasteiger partial charge in [-0.25, -0.2) is 4.79 Å². The van der Waals surface area contributed by atoms with Crippen molar-refractivity contribution in [1.82, 2.24) is 0 Å². The summed E-state index contributed by atoms with van der Waals surface area (Å²) in [5.74, 6) is -1.15. The highest BCUT2D eigenvalue weighted by atomic mass is 16.6. The quantitative estimate of drug-likeness (QED) is 0.503. The van der Waals surface area contributed by atoms with Gasteiger partial charge in [-0.15, -0.1) is 0 Å². The van der Waals surface area contributed by atoms with Gasteiger partial charge in [0.05, 0.1) is 10.5 Å². The fourth-order valence-corrected chi connectivity index (χ4v) is 2.03. The fraction of sp³-hybridized carbons (Fsp3) is 0.250. The molecule has 6 nitrogen and oxygen atoms in total. The summed E-state index contributed by atoms with van der Waals surface area (Å²) < 4.78 is 0. The maximum Gasteiger partial charge on any atom is 0.338 e. The molecule has 18 heavy (non-hydrogen) atoms. The summed E-state index contributed by atoms with van der Waals surface area (Å²) in [5.41, 5.74) is 0.00375. The van der Waals surface area contributed by atoms with Gasteiger partial charge in [0.15, 0.2) is 0 Å². The largest absolute Gasteiger partial charge is 0.478 e. The van der Waals surface area contributed by atoms with Crippen molar-refractivity contribution in [1.29, 1.82) is 0 Å². The van der Waals surface area contributed by atoms with Crippen molar-refractivity contribution in [2.75, 3.05) is 18.0 Å². The zero-order chi connectivity index (χ0) is 13.1. The smallest absolute Gasteiger partial charge is 0.338 e. The molecule has 6 heteroatoms. The van der Waals surface area contributed by atoms with Crippen LogP contribution in [0.4, 0.5) is 11.4 Å². The second kappa shape index (κ2) is 4.87. The van der Waals surface area contributed by atoms with E-state index in [1.54, 1.807) is 4.90 Å². The van der Waals surface area contributed by atoms with Crippen LogP contribution in [0, 0.1) is 10.1 Å². The normalized spacial score (nSPS) is 14.6. The molecule has 0 spiro atoms. The first kappa shape index (κ1) is 12.1. The van der Waals surface area contributed by atoms with E-state index in [1.165, 1.54) is 18.2 Å². The Hall–Kier alpha value is -2.37. The van der Waals surface area contributed by atoms with Crippen LogP contribution in [0.1, 0.15) is 16.8 Å². The Morgan fingerprint density at radius 3 is 2.72 bits per heavy atom. The number of hydrogen-bond acceptors (Lipinski definition) is 4. The van der Waals surface area contributed by atoms with Crippen LogP contribution < -0.4 is 4.90 Å². The van der Waals surface area contributed by atoms with Crippen LogP contribution in [0.15, 0.2) is 30.4 Å². The first-order valence-corrected chi connectivity index (χ1v) is 5.52. The molecule has 0 amide bonds. The third-order valence-electron chi connectivity index (χ3n) is 2.82. The lowest BCUT2D eigenvalue weighted by Gasteiger charge is -2.26. The standard InChI is InChI=1S/C12H12N2O4/c15-12(16)9-5-4-6-10(14(17)18)11(9)13-7-2-1-3-8-13/h1-2,4-6H,3,7-8H2,(H,15,16). The molecule has 0 fully saturated rings. The van der Waals surface area contributed by atoms with Gasteiger partial charge >= 0.3 is 5.97 Å². The number of carboxylic acids is 1. The van der Waals surface area contributed by atoms with Crippen LogP contribution in [-0.2, 0) is 0 Å². The summed E-state index contributed by atoms with van der Waals surface area (Å²) in [6.07, 6.45) is 4.61. The number of benzene rings is 1. The highest BCUT2D eigenvalue weighted by molar-refractivity contribution is 5.97. The number of nitro benzene ring substituents is 1. The third-order valence-corrected chi connectivity index (χ3v) is 2.82. The molecule has 1 aromatic carbocycles. The van der Waals surface area contributed by atoms with Crippen molar-refractivity contribution < 1.29 is 14.8 Å². The van der Waals surface area contributed by atoms with Gasteiger partial charge in [0.2, 0.25) is 0 Å². The van der Waals surface area contributed by atoms with Crippen LogP contribution in [-0.4, -0.2) is 29.1 Å². The lowest BCUT2D eigenvalue weighted by atomic mass is 10.1. The summed E-state index contributed by atoms with van der Waals surface area (Å²) in [5, 5.41) is 20.1. The number of para-hydroxylation sites is 1. The average Bonchev–Trinajstić information content (AvgIpc) is 2.38. The van der Waals surface area contributed by atoms with Crippen molar-refractivity contribution in [2.24, 2.45) is 0 Å². The molecular formula is C12H12N2O4. The molecular weight excluding hydrogens is 236 g/mol. The molecule has 0 bridgehead atoms. The summed E-state index contributed by atoms with van der Waals surface area (Å²) >= 11 is 0. The number of nitrogens with zero attached hydrogens (tertiary/aromatic N) is 2. The van der Waals surface area contributed by atoms with Gasteiger partial charge in [-0.3, -0.25) is 10.1 Å². The molecule has 2 rings (SSSR count). The number of hydrogen-bond donors (Lipinski definition) is 1. The van der Waals surface area contributed by atoms with Gasteiger partial charge in [-0.1, -0.05) is 18.2 Å². The molecule has 0 saturated carbocycles. The average molecular weight is 248 g/mol. The first-order valence-electron chi connectivity index (χ1n) is 5.52. The van der Waals surface area contributed by atoms with E-state index in [0.29, 0.717) is 13.1 Å². The van der Waals surface area contributed by atoms with Crippen molar-refractivity contribution in [2.45, 2.75) is 6.42 Å². The molecule has 0 saturated heterocycles. The van der Waals surface area contributed by atoms with Gasteiger partial charge < -0.3 is 10.0 Å². The highest BCUT2D eigenvalue weighted by Crippen LogP contribution is 2.33. The van der Waals surface area contributed by atoms with Gasteiger partial charge in [0.1, 0.15) is 5.69 Å². The molecule has 0 unspecified atom stereocenters. The van der Waals surface area contributed by atoms with E-state index in [-0.39, 0.29) is 16.9 Å². The van der Waals surface area contributed by atoms with Gasteiger partial charge in [0, 0.05) is 19.2 Å². The Bertz CT molecular complexity index is 493. The summed E-state index contributed by atoms with van der Waals surface area (Å²) in [7, 11) is 0. The number of rotatable bonds is 3. The number of carbonyl (C=O) groups is 1. The molecule has 0 radical (unpaired) electrons. The van der Waals surface area contributed by atoms with Gasteiger partial charge in [-0.05, 0) is 12.5 Å². The number of aromatic carboxylic acids is 1. The van der Waals surface area contributed by atoms with Crippen LogP contribution >= 0.6 is 0 Å². The van der Waals surface area contributed by atoms with Crippen LogP contribution in [0.3, 0.4) is 0 Å². The highest BCUT2D eigenvalue weighted by Gasteiger charge is 2.26. The molecule has 1 N–H and O–H groups in total. The van der Waals surface area contributed by atoms with E-state index in [4.69, 9.17) is 5.11 Å². The summed E-state index contributed by atoms with van der Waals surface area (Å²) in [4.78, 5) is 23.4. The summed E-state index contributed by atoms with van der Waals surface area (Å²) in [6, 6.07) is 4.12. The molecule has 1 aromatic rings. The van der Waals surface area contributed by atoms with Crippen LogP contribution in [0.2, 0.25) is 0 Å². The minimum absolute atomic E-state index is 0.0282. The van der Waals surface area contributed by atoms with E-state index in [0.717, 1.165) is 6.42 Å². The molecule has 0 aliphatic carbocycles. The maximum atomic E-state index is 11.2. The van der Waals surface area contributed by atoms with Crippen molar-refractivity contribution in [3.8, 4) is 0 Å². The molecule has 0 aromatic heterocycles. The zero-order valence-electron chi connectivity index (χ0n) is 9.57. The molecule has 94 valence electrons. The fourth-order valence-electron chi connectivity index (χ4n) is 2.03. The van der Waals surface area contributed by atoms with Crippen molar-refractivity contribution >= 4 is 17.3 Å². The van der Waals surface area contributed by atoms with E-state index >= 15 is 0 Å². The van der Waals surface area contributed by atoms with Gasteiger partial charge in [-0.2, -0.15) is 0 Å². The lowest BCUT2D eigenvalue weighted by Crippen LogP contribution is -2.29. The molecule has 0 atom stereocenters. The number of anilines is 1. The molecule has 1 heterocycles. The van der Waals surface area contributed by atoms with Gasteiger partial charge in [0.25, 0.3) is 5.69 Å². The van der Waals surface area contributed by atoms with E-state index in [1.807, 2.05) is 12.2 Å². The Morgan fingerprint density at radius 1 is 1.39 bits per heavy atom. The Balaban J connectivity index is 2.56. The van der Waals surface area contributed by atoms with Crippen molar-refractivity contribution in [3.05, 3.63) is 46.0 Å². The van der Waals surface area contributed by atoms with E-state index in [2.05, 4.69) is 0 Å². The predicted molar refractivity (Wildman–Crippen MR) is 66.0 cm³/mol. The SMILES string of the molecule is O=C(O)c1cccc([N+](=O)[O-])c1N1CC=CCC1. The van der Waals surface area contributed by atoms with Crippen LogP contribution in [0.25, 0.3) is 0 Å². The molecule has 1 aliphatic heterocycles.